The van der Waals surface area contributed by atoms with Gasteiger partial charge in [-0.25, -0.2) is 9.97 Å². The van der Waals surface area contributed by atoms with E-state index in [0.29, 0.717) is 5.82 Å². The first kappa shape index (κ1) is 25.3. The van der Waals surface area contributed by atoms with Crippen LogP contribution in [-0.2, 0) is 36.8 Å². The average Bonchev–Trinajstić information content (AvgIpc) is 2.79. The summed E-state index contributed by atoms with van der Waals surface area (Å²) in [6, 6.07) is 4.84. The number of nitrogens with zero attached hydrogens (tertiary/aromatic N) is 2. The number of aromatic nitrogens is 2. The van der Waals surface area contributed by atoms with E-state index in [4.69, 9.17) is 15.5 Å². The Labute approximate surface area is 190 Å². The fourth-order valence-electron chi connectivity index (χ4n) is 4.17. The van der Waals surface area contributed by atoms with E-state index in [0.717, 1.165) is 56.0 Å². The van der Waals surface area contributed by atoms with Gasteiger partial charge in [0.25, 0.3) is 0 Å². The summed E-state index contributed by atoms with van der Waals surface area (Å²) in [7, 11) is 0. The highest BCUT2D eigenvalue weighted by Crippen LogP contribution is 2.33. The summed E-state index contributed by atoms with van der Waals surface area (Å²) in [5.74, 6) is 0.591. The molecule has 0 atom stereocenters. The number of unbranched alkanes of at least 4 members (excludes halogenated alkanes) is 1. The predicted molar refractivity (Wildman–Crippen MR) is 133 cm³/mol. The van der Waals surface area contributed by atoms with E-state index in [-0.39, 0.29) is 0 Å². The van der Waals surface area contributed by atoms with Gasteiger partial charge in [0.1, 0.15) is 5.82 Å². The Kier molecular flexibility index (Phi) is 11.0. The summed E-state index contributed by atoms with van der Waals surface area (Å²) in [5, 5.41) is 0. The van der Waals surface area contributed by atoms with Crippen LogP contribution in [0.4, 0.5) is 5.82 Å². The number of rotatable bonds is 9. The van der Waals surface area contributed by atoms with Gasteiger partial charge in [0, 0.05) is 18.8 Å². The van der Waals surface area contributed by atoms with Crippen LogP contribution >= 0.6 is 0 Å². The van der Waals surface area contributed by atoms with Gasteiger partial charge in [0.2, 0.25) is 0 Å². The minimum atomic E-state index is 0.591. The molecule has 31 heavy (non-hydrogen) atoms. The van der Waals surface area contributed by atoms with E-state index in [1.54, 1.807) is 5.56 Å². The number of anilines is 1. The van der Waals surface area contributed by atoms with Crippen LogP contribution in [0, 0.1) is 0 Å². The molecule has 0 bridgehead atoms. The Morgan fingerprint density at radius 3 is 2.13 bits per heavy atom. The topological polar surface area (TPSA) is 61.0 Å². The lowest BCUT2D eigenvalue weighted by atomic mass is 9.86. The zero-order chi connectivity index (χ0) is 22.6. The third-order valence-corrected chi connectivity index (χ3v) is 5.93. The molecule has 0 radical (unpaired) electrons. The van der Waals surface area contributed by atoms with E-state index in [2.05, 4.69) is 44.8 Å². The molecule has 0 fully saturated rings. The Morgan fingerprint density at radius 1 is 0.871 bits per heavy atom. The minimum Gasteiger partial charge on any atom is -0.382 e. The molecule has 3 rings (SSSR count). The molecule has 0 saturated carbocycles. The molecule has 1 aliphatic rings. The first-order valence-corrected chi connectivity index (χ1v) is 12.5. The maximum absolute atomic E-state index is 6.09. The van der Waals surface area contributed by atoms with Gasteiger partial charge in [-0.1, -0.05) is 46.6 Å². The predicted octanol–water partition coefficient (Wildman–Crippen LogP) is 6.50. The van der Waals surface area contributed by atoms with Gasteiger partial charge in [0.05, 0.1) is 17.1 Å². The van der Waals surface area contributed by atoms with Crippen LogP contribution in [0.2, 0.25) is 0 Å². The fourth-order valence-corrected chi connectivity index (χ4v) is 4.17. The van der Waals surface area contributed by atoms with Crippen LogP contribution in [0.25, 0.3) is 11.3 Å². The number of ether oxygens (including phenoxy) is 1. The van der Waals surface area contributed by atoms with Crippen LogP contribution < -0.4 is 5.73 Å². The third-order valence-electron chi connectivity index (χ3n) is 5.93. The Morgan fingerprint density at radius 2 is 1.55 bits per heavy atom. The number of benzene rings is 1. The van der Waals surface area contributed by atoms with Gasteiger partial charge in [-0.3, -0.25) is 0 Å². The van der Waals surface area contributed by atoms with E-state index in [1.807, 2.05) is 6.92 Å². The summed E-state index contributed by atoms with van der Waals surface area (Å²) in [4.78, 5) is 9.60. The van der Waals surface area contributed by atoms with E-state index in [9.17, 15) is 0 Å². The summed E-state index contributed by atoms with van der Waals surface area (Å²) >= 11 is 0. The van der Waals surface area contributed by atoms with Crippen LogP contribution in [-0.4, -0.2) is 23.2 Å². The maximum atomic E-state index is 6.09. The summed E-state index contributed by atoms with van der Waals surface area (Å²) in [6.45, 7) is 12.5. The number of hydrogen-bond donors (Lipinski definition) is 1. The molecular formula is C27H43N3O. The molecule has 2 aromatic rings. The van der Waals surface area contributed by atoms with Crippen molar-refractivity contribution in [3.8, 4) is 11.3 Å². The van der Waals surface area contributed by atoms with Crippen molar-refractivity contribution >= 4 is 5.82 Å². The number of nitrogens with two attached hydrogens (primary N) is 1. The minimum absolute atomic E-state index is 0.591. The van der Waals surface area contributed by atoms with Crippen LogP contribution in [0.3, 0.4) is 0 Å². The third kappa shape index (κ3) is 7.03. The summed E-state index contributed by atoms with van der Waals surface area (Å²) in [5.41, 5.74) is 14.9. The van der Waals surface area contributed by atoms with Crippen molar-refractivity contribution in [1.29, 1.82) is 0 Å². The molecule has 0 amide bonds. The monoisotopic (exact) mass is 425 g/mol. The molecule has 1 aliphatic carbocycles. The molecular weight excluding hydrogens is 382 g/mol. The van der Waals surface area contributed by atoms with Gasteiger partial charge < -0.3 is 10.5 Å². The van der Waals surface area contributed by atoms with Gasteiger partial charge in [-0.15, -0.1) is 0 Å². The summed E-state index contributed by atoms with van der Waals surface area (Å²) in [6.07, 6.45) is 11.4. The van der Waals surface area contributed by atoms with Crippen molar-refractivity contribution < 1.29 is 4.74 Å². The molecule has 1 heterocycles. The highest BCUT2D eigenvalue weighted by atomic mass is 16.5. The SMILES string of the molecule is CCCCOCC.CCCc1cc2c(cc1-c1nc(CC)c(N)nc1CC)CCCC2. The van der Waals surface area contributed by atoms with E-state index < -0.39 is 0 Å². The van der Waals surface area contributed by atoms with Gasteiger partial charge in [-0.2, -0.15) is 0 Å². The molecule has 0 spiro atoms. The number of aryl methyl sites for hydroxylation is 5. The molecule has 1 aromatic carbocycles. The lowest BCUT2D eigenvalue weighted by Gasteiger charge is -2.21. The van der Waals surface area contributed by atoms with E-state index >= 15 is 0 Å². The fraction of sp³-hybridized carbons (Fsp3) is 0.630. The number of hydrogen-bond acceptors (Lipinski definition) is 4. The average molecular weight is 426 g/mol. The Bertz CT molecular complexity index is 813. The smallest absolute Gasteiger partial charge is 0.145 e. The van der Waals surface area contributed by atoms with Crippen molar-refractivity contribution in [2.75, 3.05) is 18.9 Å². The zero-order valence-electron chi connectivity index (χ0n) is 20.5. The van der Waals surface area contributed by atoms with E-state index in [1.165, 1.54) is 55.2 Å². The van der Waals surface area contributed by atoms with Crippen molar-refractivity contribution in [2.45, 2.75) is 98.8 Å². The van der Waals surface area contributed by atoms with Crippen LogP contribution in [0.15, 0.2) is 12.1 Å². The lowest BCUT2D eigenvalue weighted by molar-refractivity contribution is 0.144. The van der Waals surface area contributed by atoms with Gasteiger partial charge in [-0.05, 0) is 81.0 Å². The van der Waals surface area contributed by atoms with Crippen LogP contribution in [0.1, 0.15) is 94.8 Å². The molecule has 4 nitrogen and oxygen atoms in total. The Balaban J connectivity index is 0.000000423. The van der Waals surface area contributed by atoms with Crippen molar-refractivity contribution in [2.24, 2.45) is 0 Å². The molecule has 0 saturated heterocycles. The second-order valence-electron chi connectivity index (χ2n) is 8.34. The second-order valence-corrected chi connectivity index (χ2v) is 8.34. The first-order chi connectivity index (χ1) is 15.1. The highest BCUT2D eigenvalue weighted by Gasteiger charge is 2.18. The molecule has 2 N–H and O–H groups in total. The normalized spacial score (nSPS) is 12.8. The summed E-state index contributed by atoms with van der Waals surface area (Å²) < 4.78 is 5.07. The van der Waals surface area contributed by atoms with Gasteiger partial charge >= 0.3 is 0 Å². The molecule has 0 aliphatic heterocycles. The van der Waals surface area contributed by atoms with Crippen molar-refractivity contribution in [3.63, 3.8) is 0 Å². The largest absolute Gasteiger partial charge is 0.382 e. The molecule has 172 valence electrons. The maximum Gasteiger partial charge on any atom is 0.145 e. The van der Waals surface area contributed by atoms with Crippen molar-refractivity contribution in [1.82, 2.24) is 9.97 Å². The van der Waals surface area contributed by atoms with Crippen LogP contribution in [0.5, 0.6) is 0 Å². The first-order valence-electron chi connectivity index (χ1n) is 12.5. The zero-order valence-corrected chi connectivity index (χ0v) is 20.5. The quantitative estimate of drug-likeness (QED) is 0.465. The number of fused-ring (bicyclic) bond motifs is 1. The van der Waals surface area contributed by atoms with Crippen molar-refractivity contribution in [3.05, 3.63) is 40.2 Å². The standard InChI is InChI=1S/C21H29N3.C6H14O/c1-4-9-16-12-14-10-7-8-11-15(14)13-17(16)20-18(5-2)24-21(22)19(6-3)23-20;1-3-5-6-7-4-2/h12-13H,4-11H2,1-3H3,(H2,22,24);3-6H2,1-2H3. The van der Waals surface area contributed by atoms with Gasteiger partial charge in [0.15, 0.2) is 0 Å². The Hall–Kier alpha value is -1.94. The molecule has 4 heteroatoms. The molecule has 1 aromatic heterocycles. The number of nitrogen functional groups attached to an aromatic ring is 1. The second kappa shape index (κ2) is 13.5. The molecule has 0 unspecified atom stereocenters. The highest BCUT2D eigenvalue weighted by molar-refractivity contribution is 5.69. The lowest BCUT2D eigenvalue weighted by Crippen LogP contribution is -2.09.